The van der Waals surface area contributed by atoms with Crippen LogP contribution in [-0.4, -0.2) is 6.54 Å². The first-order chi connectivity index (χ1) is 9.36. The summed E-state index contributed by atoms with van der Waals surface area (Å²) in [7, 11) is 0. The fourth-order valence-electron chi connectivity index (χ4n) is 2.48. The van der Waals surface area contributed by atoms with E-state index in [0.717, 1.165) is 19.5 Å². The van der Waals surface area contributed by atoms with Crippen molar-refractivity contribution in [3.05, 3.63) is 70.8 Å². The van der Waals surface area contributed by atoms with Gasteiger partial charge in [-0.2, -0.15) is 0 Å². The Hall–Kier alpha value is -1.86. The topological polar surface area (TPSA) is 12.0 Å². The molecule has 1 nitrogen and oxygen atoms in total. The molecule has 1 N–H and O–H groups in total. The van der Waals surface area contributed by atoms with Gasteiger partial charge < -0.3 is 5.32 Å². The van der Waals surface area contributed by atoms with Crippen LogP contribution in [-0.2, 0) is 13.0 Å². The van der Waals surface area contributed by atoms with Gasteiger partial charge in [-0.05, 0) is 40.3 Å². The van der Waals surface area contributed by atoms with Gasteiger partial charge in [-0.15, -0.1) is 0 Å². The summed E-state index contributed by atoms with van der Waals surface area (Å²) in [6.07, 6.45) is 3.37. The molecule has 19 heavy (non-hydrogen) atoms. The molecule has 96 valence electrons. The van der Waals surface area contributed by atoms with Crippen molar-refractivity contribution in [2.24, 2.45) is 0 Å². The number of hydrogen-bond acceptors (Lipinski definition) is 1. The number of fused-ring (bicyclic) bond motifs is 1. The van der Waals surface area contributed by atoms with E-state index in [1.807, 2.05) is 0 Å². The highest BCUT2D eigenvalue weighted by Crippen LogP contribution is 2.31. The lowest BCUT2D eigenvalue weighted by Gasteiger charge is -2.20. The second-order valence-electron chi connectivity index (χ2n) is 5.03. The highest BCUT2D eigenvalue weighted by Gasteiger charge is 2.13. The molecule has 0 spiro atoms. The molecule has 0 aliphatic heterocycles. The van der Waals surface area contributed by atoms with E-state index in [2.05, 4.69) is 66.8 Å². The molecule has 0 atom stereocenters. The van der Waals surface area contributed by atoms with Gasteiger partial charge in [0.1, 0.15) is 0 Å². The summed E-state index contributed by atoms with van der Waals surface area (Å²) in [5.74, 6) is 0. The Labute approximate surface area is 115 Å². The Morgan fingerprint density at radius 3 is 2.32 bits per heavy atom. The van der Waals surface area contributed by atoms with Crippen LogP contribution in [0.3, 0.4) is 0 Å². The Morgan fingerprint density at radius 2 is 1.58 bits per heavy atom. The number of rotatable bonds is 5. The first-order valence-electron chi connectivity index (χ1n) is 6.95. The molecule has 0 heterocycles. The predicted molar refractivity (Wildman–Crippen MR) is 81.8 cm³/mol. The third kappa shape index (κ3) is 2.61. The normalized spacial score (nSPS) is 12.6. The van der Waals surface area contributed by atoms with Crippen molar-refractivity contribution in [2.45, 2.75) is 19.9 Å². The lowest BCUT2D eigenvalue weighted by atomic mass is 9.89. The lowest BCUT2D eigenvalue weighted by molar-refractivity contribution is 0.766. The van der Waals surface area contributed by atoms with E-state index in [-0.39, 0.29) is 0 Å². The third-order valence-corrected chi connectivity index (χ3v) is 3.71. The summed E-state index contributed by atoms with van der Waals surface area (Å²) >= 11 is 0. The van der Waals surface area contributed by atoms with E-state index in [4.69, 9.17) is 0 Å². The first kappa shape index (κ1) is 12.2. The molecule has 1 aliphatic rings. The van der Waals surface area contributed by atoms with Gasteiger partial charge in [-0.1, -0.05) is 55.5 Å². The van der Waals surface area contributed by atoms with Crippen LogP contribution in [0.4, 0.5) is 0 Å². The summed E-state index contributed by atoms with van der Waals surface area (Å²) in [5.41, 5.74) is 6.94. The van der Waals surface area contributed by atoms with Crippen molar-refractivity contribution in [3.63, 3.8) is 0 Å². The standard InChI is InChI=1S/C18H19N/c1-2-14-7-9-15(10-8-14)12-19-13-17-11-16-5-3-4-6-18(16)17/h3-11,19H,2,12-13H2,1H3. The van der Waals surface area contributed by atoms with Crippen LogP contribution >= 0.6 is 0 Å². The van der Waals surface area contributed by atoms with Gasteiger partial charge in [0.15, 0.2) is 0 Å². The molecule has 2 aromatic rings. The van der Waals surface area contributed by atoms with E-state index in [1.54, 1.807) is 0 Å². The zero-order valence-corrected chi connectivity index (χ0v) is 11.3. The maximum absolute atomic E-state index is 3.51. The van der Waals surface area contributed by atoms with Gasteiger partial charge in [-0.25, -0.2) is 0 Å². The van der Waals surface area contributed by atoms with Crippen molar-refractivity contribution in [1.82, 2.24) is 5.32 Å². The second kappa shape index (κ2) is 5.41. The quantitative estimate of drug-likeness (QED) is 0.847. The SMILES string of the molecule is CCc1ccc(CNCC2=Cc3ccccc32)cc1. The first-order valence-corrected chi connectivity index (χ1v) is 6.95. The van der Waals surface area contributed by atoms with E-state index in [9.17, 15) is 0 Å². The molecule has 3 rings (SSSR count). The minimum Gasteiger partial charge on any atom is -0.309 e. The smallest absolute Gasteiger partial charge is 0.0215 e. The molecule has 0 radical (unpaired) electrons. The summed E-state index contributed by atoms with van der Waals surface area (Å²) in [6.45, 7) is 4.07. The number of aryl methyl sites for hydroxylation is 1. The molecular weight excluding hydrogens is 230 g/mol. The number of nitrogens with one attached hydrogen (secondary N) is 1. The summed E-state index contributed by atoms with van der Waals surface area (Å²) in [4.78, 5) is 0. The average molecular weight is 249 g/mol. The molecule has 0 unspecified atom stereocenters. The van der Waals surface area contributed by atoms with Gasteiger partial charge >= 0.3 is 0 Å². The maximum atomic E-state index is 3.51. The van der Waals surface area contributed by atoms with Gasteiger partial charge in [0.2, 0.25) is 0 Å². The lowest BCUT2D eigenvalue weighted by Crippen LogP contribution is -2.18. The highest BCUT2D eigenvalue weighted by atomic mass is 14.8. The van der Waals surface area contributed by atoms with Crippen molar-refractivity contribution >= 4 is 11.6 Å². The van der Waals surface area contributed by atoms with Crippen LogP contribution in [0.15, 0.2) is 48.5 Å². The van der Waals surface area contributed by atoms with E-state index in [0.29, 0.717) is 0 Å². The van der Waals surface area contributed by atoms with E-state index < -0.39 is 0 Å². The van der Waals surface area contributed by atoms with Gasteiger partial charge in [0, 0.05) is 13.1 Å². The molecule has 0 saturated carbocycles. The molecule has 0 fully saturated rings. The van der Waals surface area contributed by atoms with Gasteiger partial charge in [0.05, 0.1) is 0 Å². The largest absolute Gasteiger partial charge is 0.309 e. The van der Waals surface area contributed by atoms with Crippen LogP contribution in [0.5, 0.6) is 0 Å². The van der Waals surface area contributed by atoms with Crippen LogP contribution in [0, 0.1) is 0 Å². The van der Waals surface area contributed by atoms with Gasteiger partial charge in [-0.3, -0.25) is 0 Å². The minimum absolute atomic E-state index is 0.934. The zero-order chi connectivity index (χ0) is 13.1. The van der Waals surface area contributed by atoms with Crippen LogP contribution in [0.2, 0.25) is 0 Å². The fourth-order valence-corrected chi connectivity index (χ4v) is 2.48. The Morgan fingerprint density at radius 1 is 0.842 bits per heavy atom. The molecule has 1 heteroatoms. The summed E-state index contributed by atoms with van der Waals surface area (Å²) in [6, 6.07) is 17.4. The van der Waals surface area contributed by atoms with Crippen LogP contribution < -0.4 is 5.32 Å². The zero-order valence-electron chi connectivity index (χ0n) is 11.3. The third-order valence-electron chi connectivity index (χ3n) is 3.71. The molecule has 0 aromatic heterocycles. The highest BCUT2D eigenvalue weighted by molar-refractivity contribution is 5.96. The summed E-state index contributed by atoms with van der Waals surface area (Å²) < 4.78 is 0. The second-order valence-corrected chi connectivity index (χ2v) is 5.03. The maximum Gasteiger partial charge on any atom is 0.0215 e. The average Bonchev–Trinajstić information content (AvgIpc) is 2.44. The molecular formula is C18H19N. The van der Waals surface area contributed by atoms with E-state index in [1.165, 1.54) is 27.8 Å². The molecule has 0 bridgehead atoms. The predicted octanol–water partition coefficient (Wildman–Crippen LogP) is 3.89. The fraction of sp³-hybridized carbons (Fsp3) is 0.222. The van der Waals surface area contributed by atoms with Crippen molar-refractivity contribution < 1.29 is 0 Å². The Balaban J connectivity index is 1.52. The molecule has 0 saturated heterocycles. The monoisotopic (exact) mass is 249 g/mol. The number of hydrogen-bond donors (Lipinski definition) is 1. The van der Waals surface area contributed by atoms with Crippen molar-refractivity contribution in [1.29, 1.82) is 0 Å². The van der Waals surface area contributed by atoms with Crippen LogP contribution in [0.1, 0.15) is 29.2 Å². The minimum atomic E-state index is 0.934. The molecule has 1 aliphatic carbocycles. The Kier molecular flexibility index (Phi) is 3.47. The summed E-state index contributed by atoms with van der Waals surface area (Å²) in [5, 5.41) is 3.51. The molecule has 0 amide bonds. The van der Waals surface area contributed by atoms with E-state index >= 15 is 0 Å². The van der Waals surface area contributed by atoms with Crippen molar-refractivity contribution in [2.75, 3.05) is 6.54 Å². The van der Waals surface area contributed by atoms with Crippen LogP contribution in [0.25, 0.3) is 11.6 Å². The van der Waals surface area contributed by atoms with Gasteiger partial charge in [0.25, 0.3) is 0 Å². The van der Waals surface area contributed by atoms with Crippen molar-refractivity contribution in [3.8, 4) is 0 Å². The number of benzene rings is 2. The Bertz CT molecular complexity index is 593. The molecule has 2 aromatic carbocycles.